The van der Waals surface area contributed by atoms with Crippen LogP contribution in [-0.4, -0.2) is 10.1 Å². The van der Waals surface area contributed by atoms with Crippen molar-refractivity contribution in [2.45, 2.75) is 35.3 Å². The molecule has 2 fully saturated rings. The molecule has 2 aliphatic rings. The zero-order valence-corrected chi connectivity index (χ0v) is 11.4. The summed E-state index contributed by atoms with van der Waals surface area (Å²) in [5, 5.41) is 0. The van der Waals surface area contributed by atoms with E-state index in [0.717, 1.165) is 11.8 Å². The Morgan fingerprint density at radius 2 is 1.88 bits per heavy atom. The molecule has 0 spiro atoms. The van der Waals surface area contributed by atoms with Crippen molar-refractivity contribution in [1.29, 1.82) is 0 Å². The molecular weight excluding hydrogens is 311 g/mol. The van der Waals surface area contributed by atoms with Gasteiger partial charge in [0, 0.05) is 12.0 Å². The summed E-state index contributed by atoms with van der Waals surface area (Å²) in [7, 11) is 0. The van der Waals surface area contributed by atoms with E-state index in [0.29, 0.717) is 10.1 Å². The van der Waals surface area contributed by atoms with Crippen molar-refractivity contribution in [2.75, 3.05) is 0 Å². The summed E-state index contributed by atoms with van der Waals surface area (Å²) in [6, 6.07) is 11.6. The molecule has 2 N–H and O–H groups in total. The van der Waals surface area contributed by atoms with Gasteiger partial charge in [-0.1, -0.05) is 52.9 Å². The first-order valence-electron chi connectivity index (χ1n) is 6.04. The second-order valence-corrected chi connectivity index (χ2v) is 6.22. The van der Waals surface area contributed by atoms with Gasteiger partial charge in [0.15, 0.2) is 0 Å². The van der Waals surface area contributed by atoms with E-state index in [-0.39, 0.29) is 0 Å². The molecule has 16 heavy (non-hydrogen) atoms. The van der Waals surface area contributed by atoms with Crippen molar-refractivity contribution in [3.05, 3.63) is 35.9 Å². The van der Waals surface area contributed by atoms with Crippen molar-refractivity contribution in [1.82, 2.24) is 10.9 Å². The van der Waals surface area contributed by atoms with Gasteiger partial charge in [-0.05, 0) is 30.7 Å². The summed E-state index contributed by atoms with van der Waals surface area (Å²) in [4.78, 5) is 0. The minimum atomic E-state index is 0.610. The molecule has 3 heteroatoms. The van der Waals surface area contributed by atoms with Crippen LogP contribution in [0.5, 0.6) is 0 Å². The Bertz CT molecular complexity index is 354. The number of hydrazine groups is 1. The molecule has 1 aromatic carbocycles. The maximum Gasteiger partial charge on any atom is 0.0770 e. The van der Waals surface area contributed by atoms with Gasteiger partial charge in [-0.15, -0.1) is 0 Å². The second kappa shape index (κ2) is 4.63. The highest BCUT2D eigenvalue weighted by Gasteiger charge is 2.39. The van der Waals surface area contributed by atoms with E-state index >= 15 is 0 Å². The van der Waals surface area contributed by atoms with Crippen LogP contribution >= 0.6 is 22.6 Å². The highest BCUT2D eigenvalue weighted by molar-refractivity contribution is 14.1. The van der Waals surface area contributed by atoms with Gasteiger partial charge in [-0.2, -0.15) is 0 Å². The first-order chi connectivity index (χ1) is 7.84. The van der Waals surface area contributed by atoms with E-state index in [1.165, 1.54) is 24.8 Å². The number of benzene rings is 1. The lowest BCUT2D eigenvalue weighted by molar-refractivity contribution is 0.300. The largest absolute Gasteiger partial charge is 0.253 e. The number of halogens is 1. The summed E-state index contributed by atoms with van der Waals surface area (Å²) in [5.74, 6) is 1.57. The minimum Gasteiger partial charge on any atom is -0.253 e. The molecule has 1 heterocycles. The fourth-order valence-electron chi connectivity index (χ4n) is 3.03. The lowest BCUT2D eigenvalue weighted by Crippen LogP contribution is -2.35. The lowest BCUT2D eigenvalue weighted by Gasteiger charge is -2.32. The number of hydrogen-bond donors (Lipinski definition) is 2. The third kappa shape index (κ3) is 2.00. The zero-order chi connectivity index (χ0) is 11.0. The zero-order valence-electron chi connectivity index (χ0n) is 9.20. The standard InChI is InChI=1S/C13H17IN2/c14-13-11-7-6-10(8-12(11)15-16-13)9-4-2-1-3-5-9/h1-5,10-13,15-16H,6-8H2. The van der Waals surface area contributed by atoms with Crippen molar-refractivity contribution in [3.63, 3.8) is 0 Å². The summed E-state index contributed by atoms with van der Waals surface area (Å²) < 4.78 is 0.610. The second-order valence-electron chi connectivity index (χ2n) is 4.88. The van der Waals surface area contributed by atoms with E-state index in [2.05, 4.69) is 63.8 Å². The molecule has 1 aliphatic carbocycles. The van der Waals surface area contributed by atoms with E-state index in [1.54, 1.807) is 0 Å². The van der Waals surface area contributed by atoms with Gasteiger partial charge in [0.05, 0.1) is 4.05 Å². The molecule has 2 nitrogen and oxygen atoms in total. The average Bonchev–Trinajstić information content (AvgIpc) is 2.72. The molecule has 1 aromatic rings. The molecule has 4 atom stereocenters. The van der Waals surface area contributed by atoms with Crippen LogP contribution in [0.4, 0.5) is 0 Å². The molecule has 0 bridgehead atoms. The molecule has 1 aliphatic heterocycles. The SMILES string of the molecule is IC1NNC2CC(c3ccccc3)CCC12. The fraction of sp³-hybridized carbons (Fsp3) is 0.538. The predicted molar refractivity (Wildman–Crippen MR) is 74.4 cm³/mol. The van der Waals surface area contributed by atoms with Crippen molar-refractivity contribution < 1.29 is 0 Å². The number of fused-ring (bicyclic) bond motifs is 1. The minimum absolute atomic E-state index is 0.610. The highest BCUT2D eigenvalue weighted by atomic mass is 127. The Hall–Kier alpha value is -0.130. The van der Waals surface area contributed by atoms with Gasteiger partial charge < -0.3 is 0 Å². The summed E-state index contributed by atoms with van der Waals surface area (Å²) >= 11 is 2.51. The fourth-order valence-corrected chi connectivity index (χ4v) is 4.07. The van der Waals surface area contributed by atoms with Crippen LogP contribution in [0.25, 0.3) is 0 Å². The summed E-state index contributed by atoms with van der Waals surface area (Å²) in [6.07, 6.45) is 3.97. The van der Waals surface area contributed by atoms with Gasteiger partial charge in [0.25, 0.3) is 0 Å². The van der Waals surface area contributed by atoms with Gasteiger partial charge in [0.1, 0.15) is 0 Å². The Morgan fingerprint density at radius 3 is 2.69 bits per heavy atom. The number of alkyl halides is 1. The Labute approximate surface area is 110 Å². The Morgan fingerprint density at radius 1 is 1.06 bits per heavy atom. The number of rotatable bonds is 1. The molecule has 0 amide bonds. The first-order valence-corrected chi connectivity index (χ1v) is 7.29. The van der Waals surface area contributed by atoms with E-state index in [9.17, 15) is 0 Å². The molecule has 1 saturated heterocycles. The first kappa shape index (κ1) is 11.0. The van der Waals surface area contributed by atoms with Crippen LogP contribution in [0.3, 0.4) is 0 Å². The van der Waals surface area contributed by atoms with Crippen LogP contribution in [0, 0.1) is 5.92 Å². The van der Waals surface area contributed by atoms with Crippen molar-refractivity contribution >= 4 is 22.6 Å². The van der Waals surface area contributed by atoms with Crippen LogP contribution < -0.4 is 10.9 Å². The lowest BCUT2D eigenvalue weighted by atomic mass is 9.76. The van der Waals surface area contributed by atoms with Crippen LogP contribution in [0.1, 0.15) is 30.7 Å². The molecule has 0 radical (unpaired) electrons. The molecule has 86 valence electrons. The maximum atomic E-state index is 3.45. The molecular formula is C13H17IN2. The average molecular weight is 328 g/mol. The van der Waals surface area contributed by atoms with Gasteiger partial charge >= 0.3 is 0 Å². The quantitative estimate of drug-likeness (QED) is 0.471. The number of nitrogens with one attached hydrogen (secondary N) is 2. The van der Waals surface area contributed by atoms with E-state index in [1.807, 2.05) is 0 Å². The Kier molecular flexibility index (Phi) is 3.18. The van der Waals surface area contributed by atoms with Crippen molar-refractivity contribution in [2.24, 2.45) is 5.92 Å². The number of hydrogen-bond acceptors (Lipinski definition) is 2. The molecule has 1 saturated carbocycles. The van der Waals surface area contributed by atoms with Gasteiger partial charge in [-0.3, -0.25) is 5.43 Å². The summed E-state index contributed by atoms with van der Waals surface area (Å²) in [6.45, 7) is 0. The molecule has 4 unspecified atom stereocenters. The van der Waals surface area contributed by atoms with Crippen LogP contribution in [0.2, 0.25) is 0 Å². The van der Waals surface area contributed by atoms with Crippen LogP contribution in [-0.2, 0) is 0 Å². The smallest absolute Gasteiger partial charge is 0.0770 e. The summed E-state index contributed by atoms with van der Waals surface area (Å²) in [5.41, 5.74) is 8.33. The topological polar surface area (TPSA) is 24.1 Å². The van der Waals surface area contributed by atoms with E-state index in [4.69, 9.17) is 0 Å². The maximum absolute atomic E-state index is 3.45. The third-order valence-electron chi connectivity index (χ3n) is 3.96. The van der Waals surface area contributed by atoms with Crippen LogP contribution in [0.15, 0.2) is 30.3 Å². The monoisotopic (exact) mass is 328 g/mol. The Balaban J connectivity index is 1.73. The van der Waals surface area contributed by atoms with Gasteiger partial charge in [-0.25, -0.2) is 5.43 Å². The third-order valence-corrected chi connectivity index (χ3v) is 5.19. The highest BCUT2D eigenvalue weighted by Crippen LogP contribution is 2.40. The normalized spacial score (nSPS) is 38.3. The van der Waals surface area contributed by atoms with Crippen molar-refractivity contribution in [3.8, 4) is 0 Å². The predicted octanol–water partition coefficient (Wildman–Crippen LogP) is 2.81. The van der Waals surface area contributed by atoms with E-state index < -0.39 is 0 Å². The molecule has 0 aromatic heterocycles. The molecule has 3 rings (SSSR count). The van der Waals surface area contributed by atoms with Gasteiger partial charge in [0.2, 0.25) is 0 Å².